The maximum Gasteiger partial charge on any atom is 0.326 e. The minimum atomic E-state index is -3.85. The van der Waals surface area contributed by atoms with Gasteiger partial charge in [0.15, 0.2) is 8.68 Å². The summed E-state index contributed by atoms with van der Waals surface area (Å²) in [7, 11) is -2.65. The first-order valence-corrected chi connectivity index (χ1v) is 8.31. The van der Waals surface area contributed by atoms with Crippen LogP contribution in [0.15, 0.2) is 4.21 Å². The molecule has 2 rings (SSSR count). The van der Waals surface area contributed by atoms with Crippen LogP contribution in [0.5, 0.6) is 0 Å². The van der Waals surface area contributed by atoms with Crippen molar-refractivity contribution in [1.29, 1.82) is 0 Å². The van der Waals surface area contributed by atoms with Crippen molar-refractivity contribution in [3.63, 3.8) is 0 Å². The van der Waals surface area contributed by atoms with Crippen molar-refractivity contribution >= 4 is 38.9 Å². The Kier molecular flexibility index (Phi) is 4.65. The summed E-state index contributed by atoms with van der Waals surface area (Å²) in [5.41, 5.74) is 0.315. The molecule has 20 heavy (non-hydrogen) atoms. The third kappa shape index (κ3) is 2.82. The Morgan fingerprint density at radius 3 is 2.85 bits per heavy atom. The smallest absolute Gasteiger partial charge is 0.326 e. The van der Waals surface area contributed by atoms with Crippen LogP contribution < -0.4 is 0 Å². The molecule has 0 N–H and O–H groups in total. The van der Waals surface area contributed by atoms with Gasteiger partial charge in [-0.2, -0.15) is 4.31 Å². The molecule has 2 heterocycles. The molecule has 1 unspecified atom stereocenters. The molecule has 10 heteroatoms. The highest BCUT2D eigenvalue weighted by Gasteiger charge is 2.40. The number of nitrogens with zero attached hydrogens (tertiary/aromatic N) is 2. The lowest BCUT2D eigenvalue weighted by Gasteiger charge is -2.32. The molecule has 0 saturated carbocycles. The number of esters is 1. The molecule has 1 saturated heterocycles. The molecule has 1 aliphatic heterocycles. The fourth-order valence-electron chi connectivity index (χ4n) is 1.89. The normalized spacial score (nSPS) is 20.9. The first-order chi connectivity index (χ1) is 9.37. The fraction of sp³-hybridized carbons (Fsp3) is 0.600. The lowest BCUT2D eigenvalue weighted by atomic mass is 10.3. The summed E-state index contributed by atoms with van der Waals surface area (Å²) in [6.07, 6.45) is 0. The number of ether oxygens (including phenoxy) is 2. The Labute approximate surface area is 125 Å². The van der Waals surface area contributed by atoms with Crippen LogP contribution in [-0.4, -0.2) is 56.6 Å². The first kappa shape index (κ1) is 15.6. The quantitative estimate of drug-likeness (QED) is 0.752. The van der Waals surface area contributed by atoms with E-state index in [9.17, 15) is 13.2 Å². The molecule has 0 spiro atoms. The van der Waals surface area contributed by atoms with Crippen LogP contribution in [0.4, 0.5) is 0 Å². The van der Waals surface area contributed by atoms with Gasteiger partial charge < -0.3 is 9.47 Å². The highest BCUT2D eigenvalue weighted by atomic mass is 35.5. The van der Waals surface area contributed by atoms with E-state index in [0.717, 1.165) is 15.6 Å². The van der Waals surface area contributed by atoms with Gasteiger partial charge in [0.05, 0.1) is 26.0 Å². The van der Waals surface area contributed by atoms with Gasteiger partial charge >= 0.3 is 5.97 Å². The Bertz CT molecular complexity index is 615. The van der Waals surface area contributed by atoms with E-state index in [2.05, 4.69) is 9.72 Å². The average Bonchev–Trinajstić information content (AvgIpc) is 2.77. The number of carbonyl (C=O) groups excluding carboxylic acids is 1. The second-order valence-electron chi connectivity index (χ2n) is 4.07. The molecule has 0 aliphatic carbocycles. The number of hydrogen-bond acceptors (Lipinski definition) is 7. The van der Waals surface area contributed by atoms with E-state index in [1.54, 1.807) is 6.92 Å². The Hall–Kier alpha value is -0.740. The van der Waals surface area contributed by atoms with E-state index in [0.29, 0.717) is 5.69 Å². The zero-order valence-corrected chi connectivity index (χ0v) is 13.2. The van der Waals surface area contributed by atoms with Gasteiger partial charge in [0.2, 0.25) is 0 Å². The monoisotopic (exact) mass is 340 g/mol. The van der Waals surface area contributed by atoms with E-state index < -0.39 is 22.0 Å². The van der Waals surface area contributed by atoms with Gasteiger partial charge in [0, 0.05) is 6.54 Å². The molecular weight excluding hydrogens is 328 g/mol. The number of carbonyl (C=O) groups is 1. The predicted molar refractivity (Wildman–Crippen MR) is 72.4 cm³/mol. The highest BCUT2D eigenvalue weighted by molar-refractivity contribution is 7.91. The number of sulfonamides is 1. The fourth-order valence-corrected chi connectivity index (χ4v) is 5.29. The minimum absolute atomic E-state index is 0.0303. The van der Waals surface area contributed by atoms with Gasteiger partial charge in [-0.15, -0.1) is 0 Å². The SMILES string of the molecule is COC(=O)C1COCCN1S(=O)(=O)c1sc(Cl)nc1C. The molecule has 1 aliphatic rings. The van der Waals surface area contributed by atoms with Gasteiger partial charge in [0.1, 0.15) is 6.04 Å². The first-order valence-electron chi connectivity index (χ1n) is 5.68. The minimum Gasteiger partial charge on any atom is -0.468 e. The van der Waals surface area contributed by atoms with Crippen LogP contribution in [0, 0.1) is 6.92 Å². The third-order valence-corrected chi connectivity index (χ3v) is 6.58. The molecule has 1 aromatic heterocycles. The number of aryl methyl sites for hydroxylation is 1. The third-order valence-electron chi connectivity index (χ3n) is 2.82. The van der Waals surface area contributed by atoms with E-state index in [-0.39, 0.29) is 28.4 Å². The van der Waals surface area contributed by atoms with E-state index in [4.69, 9.17) is 16.3 Å². The average molecular weight is 341 g/mol. The summed E-state index contributed by atoms with van der Waals surface area (Å²) < 4.78 is 36.3. The number of aromatic nitrogens is 1. The molecule has 1 aromatic rings. The second-order valence-corrected chi connectivity index (χ2v) is 7.74. The maximum atomic E-state index is 12.6. The summed E-state index contributed by atoms with van der Waals surface area (Å²) in [6, 6.07) is -0.987. The van der Waals surface area contributed by atoms with Crippen molar-refractivity contribution in [2.75, 3.05) is 26.9 Å². The lowest BCUT2D eigenvalue weighted by Crippen LogP contribution is -2.52. The van der Waals surface area contributed by atoms with Crippen LogP contribution in [0.2, 0.25) is 4.47 Å². The molecule has 0 amide bonds. The second kappa shape index (κ2) is 5.94. The van der Waals surface area contributed by atoms with Gasteiger partial charge in [-0.1, -0.05) is 22.9 Å². The molecule has 1 atom stereocenters. The predicted octanol–water partition coefficient (Wildman–Crippen LogP) is 0.667. The van der Waals surface area contributed by atoms with Gasteiger partial charge in [-0.25, -0.2) is 13.4 Å². The molecule has 1 fully saturated rings. The highest BCUT2D eigenvalue weighted by Crippen LogP contribution is 2.31. The summed E-state index contributed by atoms with van der Waals surface area (Å²) in [5, 5.41) is 0. The number of morpholine rings is 1. The van der Waals surface area contributed by atoms with E-state index in [1.165, 1.54) is 7.11 Å². The van der Waals surface area contributed by atoms with Crippen LogP contribution >= 0.6 is 22.9 Å². The standard InChI is InChI=1S/C10H13ClN2O5S2/c1-6-9(19-10(11)12-6)20(15,16)13-3-4-18-5-7(13)8(14)17-2/h7H,3-5H2,1-2H3. The zero-order chi connectivity index (χ0) is 14.9. The number of methoxy groups -OCH3 is 1. The largest absolute Gasteiger partial charge is 0.468 e. The van der Waals surface area contributed by atoms with Gasteiger partial charge in [-0.3, -0.25) is 4.79 Å². The van der Waals surface area contributed by atoms with Gasteiger partial charge in [0.25, 0.3) is 10.0 Å². The van der Waals surface area contributed by atoms with Crippen LogP contribution in [-0.2, 0) is 24.3 Å². The molecule has 112 valence electrons. The van der Waals surface area contributed by atoms with Crippen molar-refractivity contribution in [2.24, 2.45) is 0 Å². The summed E-state index contributed by atoms with van der Waals surface area (Å²) >= 11 is 6.61. The maximum absolute atomic E-state index is 12.6. The summed E-state index contributed by atoms with van der Waals surface area (Å²) in [6.45, 7) is 1.83. The molecule has 7 nitrogen and oxygen atoms in total. The number of hydrogen-bond donors (Lipinski definition) is 0. The van der Waals surface area contributed by atoms with Crippen molar-refractivity contribution in [3.8, 4) is 0 Å². The molecule has 0 bridgehead atoms. The molecule has 0 radical (unpaired) electrons. The van der Waals surface area contributed by atoms with Crippen LogP contribution in [0.25, 0.3) is 0 Å². The number of halogens is 1. The topological polar surface area (TPSA) is 85.8 Å². The van der Waals surface area contributed by atoms with Crippen molar-refractivity contribution in [2.45, 2.75) is 17.2 Å². The Morgan fingerprint density at radius 2 is 2.30 bits per heavy atom. The molecule has 0 aromatic carbocycles. The van der Waals surface area contributed by atoms with Crippen molar-refractivity contribution in [3.05, 3.63) is 10.2 Å². The van der Waals surface area contributed by atoms with Crippen LogP contribution in [0.3, 0.4) is 0 Å². The van der Waals surface area contributed by atoms with Gasteiger partial charge in [-0.05, 0) is 6.92 Å². The number of rotatable bonds is 3. The van der Waals surface area contributed by atoms with Crippen molar-refractivity contribution in [1.82, 2.24) is 9.29 Å². The molecular formula is C10H13ClN2O5S2. The van der Waals surface area contributed by atoms with Crippen LogP contribution in [0.1, 0.15) is 5.69 Å². The van der Waals surface area contributed by atoms with Crippen molar-refractivity contribution < 1.29 is 22.7 Å². The lowest BCUT2D eigenvalue weighted by molar-refractivity contribution is -0.149. The number of thiazole rings is 1. The summed E-state index contributed by atoms with van der Waals surface area (Å²) in [4.78, 5) is 15.6. The zero-order valence-electron chi connectivity index (χ0n) is 10.8. The Balaban J connectivity index is 2.40. The Morgan fingerprint density at radius 1 is 1.60 bits per heavy atom. The summed E-state index contributed by atoms with van der Waals surface area (Å²) in [5.74, 6) is -0.651. The van der Waals surface area contributed by atoms with E-state index in [1.807, 2.05) is 0 Å². The van der Waals surface area contributed by atoms with E-state index >= 15 is 0 Å².